The summed E-state index contributed by atoms with van der Waals surface area (Å²) in [5, 5.41) is 10.9. The van der Waals surface area contributed by atoms with Crippen molar-refractivity contribution in [2.45, 2.75) is 29.2 Å². The number of rotatable bonds is 7. The number of aromatic nitrogens is 2. The second-order valence-corrected chi connectivity index (χ2v) is 10.4. The first-order valence-electron chi connectivity index (χ1n) is 12.7. The second-order valence-electron chi connectivity index (χ2n) is 9.33. The maximum Gasteiger partial charge on any atom is 0.447 e. The summed E-state index contributed by atoms with van der Waals surface area (Å²) in [5.74, 6) is 5.11. The van der Waals surface area contributed by atoms with Crippen LogP contribution in [0.1, 0.15) is 32.7 Å². The molecular formula is C27H29F4N7O2S. The van der Waals surface area contributed by atoms with Crippen molar-refractivity contribution < 1.29 is 27.2 Å². The number of piperidine rings is 1. The van der Waals surface area contributed by atoms with Gasteiger partial charge in [0.25, 0.3) is 11.8 Å². The van der Waals surface area contributed by atoms with E-state index in [0.717, 1.165) is 0 Å². The van der Waals surface area contributed by atoms with Crippen molar-refractivity contribution in [1.29, 1.82) is 0 Å². The minimum atomic E-state index is -4.58. The van der Waals surface area contributed by atoms with Crippen molar-refractivity contribution in [1.82, 2.24) is 24.9 Å². The van der Waals surface area contributed by atoms with Crippen LogP contribution in [-0.2, 0) is 0 Å². The lowest BCUT2D eigenvalue weighted by molar-refractivity contribution is -0.0330. The Morgan fingerprint density at radius 1 is 1.17 bits per heavy atom. The smallest absolute Gasteiger partial charge is 0.373 e. The minimum Gasteiger partial charge on any atom is -0.373 e. The summed E-state index contributed by atoms with van der Waals surface area (Å²) in [6.45, 7) is 0.884. The van der Waals surface area contributed by atoms with Gasteiger partial charge in [0.1, 0.15) is 11.2 Å². The fraction of sp³-hybridized carbons (Fsp3) is 0.370. The summed E-state index contributed by atoms with van der Waals surface area (Å²) in [6.07, 6.45) is 2.11. The van der Waals surface area contributed by atoms with Crippen molar-refractivity contribution in [3.05, 3.63) is 53.3 Å². The SMILES string of the molecule is CNC(=O)c1ccc(C(=O)NC)c(NCC#Cc2cc3c(N[C@@H]4CCN(C)C[C@@H]4F)nccn3c2SC(F)(F)F)c1. The summed E-state index contributed by atoms with van der Waals surface area (Å²) in [7, 11) is 4.77. The Morgan fingerprint density at radius 2 is 1.93 bits per heavy atom. The van der Waals surface area contributed by atoms with Gasteiger partial charge >= 0.3 is 5.51 Å². The molecule has 9 nitrogen and oxygen atoms in total. The molecule has 1 aromatic carbocycles. The van der Waals surface area contributed by atoms with Crippen molar-refractivity contribution >= 4 is 40.6 Å². The lowest BCUT2D eigenvalue weighted by Gasteiger charge is -2.33. The molecule has 1 aliphatic heterocycles. The molecule has 2 aromatic heterocycles. The first kappa shape index (κ1) is 30.0. The Kier molecular flexibility index (Phi) is 9.29. The highest BCUT2D eigenvalue weighted by Crippen LogP contribution is 2.40. The van der Waals surface area contributed by atoms with Crippen LogP contribution in [0.2, 0.25) is 0 Å². The van der Waals surface area contributed by atoms with E-state index >= 15 is 0 Å². The summed E-state index contributed by atoms with van der Waals surface area (Å²) in [6, 6.07) is 5.45. The van der Waals surface area contributed by atoms with Crippen LogP contribution in [0.5, 0.6) is 0 Å². The highest BCUT2D eigenvalue weighted by atomic mass is 32.2. The third-order valence-corrected chi connectivity index (χ3v) is 7.34. The quantitative estimate of drug-likeness (QED) is 0.189. The Hall–Kier alpha value is -3.96. The zero-order valence-electron chi connectivity index (χ0n) is 22.5. The van der Waals surface area contributed by atoms with Crippen LogP contribution in [0.25, 0.3) is 5.52 Å². The van der Waals surface area contributed by atoms with Crippen LogP contribution in [0.3, 0.4) is 0 Å². The van der Waals surface area contributed by atoms with Gasteiger partial charge in [-0.05, 0) is 37.7 Å². The van der Waals surface area contributed by atoms with E-state index in [1.54, 1.807) is 0 Å². The Balaban J connectivity index is 1.63. The van der Waals surface area contributed by atoms with E-state index in [1.165, 1.54) is 55.2 Å². The highest BCUT2D eigenvalue weighted by Gasteiger charge is 2.33. The Morgan fingerprint density at radius 3 is 2.61 bits per heavy atom. The molecule has 218 valence electrons. The lowest BCUT2D eigenvalue weighted by Crippen LogP contribution is -2.46. The molecule has 1 saturated heterocycles. The van der Waals surface area contributed by atoms with Crippen LogP contribution >= 0.6 is 11.8 Å². The zero-order valence-corrected chi connectivity index (χ0v) is 23.3. The van der Waals surface area contributed by atoms with Gasteiger partial charge in [0.05, 0.1) is 29.2 Å². The summed E-state index contributed by atoms with van der Waals surface area (Å²) < 4.78 is 56.5. The summed E-state index contributed by atoms with van der Waals surface area (Å²) in [4.78, 5) is 30.5. The molecule has 0 spiro atoms. The Labute approximate surface area is 238 Å². The van der Waals surface area contributed by atoms with Crippen molar-refractivity contribution in [2.24, 2.45) is 0 Å². The predicted molar refractivity (Wildman–Crippen MR) is 150 cm³/mol. The molecule has 3 heterocycles. The topological polar surface area (TPSA) is 103 Å². The van der Waals surface area contributed by atoms with Gasteiger partial charge < -0.3 is 30.6 Å². The van der Waals surface area contributed by atoms with Crippen molar-refractivity contribution in [2.75, 3.05) is 51.4 Å². The van der Waals surface area contributed by atoms with E-state index in [9.17, 15) is 27.2 Å². The number of anilines is 2. The van der Waals surface area contributed by atoms with E-state index < -0.39 is 17.7 Å². The van der Waals surface area contributed by atoms with Crippen LogP contribution in [0.4, 0.5) is 29.1 Å². The largest absolute Gasteiger partial charge is 0.447 e. The van der Waals surface area contributed by atoms with E-state index in [2.05, 4.69) is 38.1 Å². The molecule has 41 heavy (non-hydrogen) atoms. The molecule has 2 atom stereocenters. The van der Waals surface area contributed by atoms with Gasteiger partial charge in [0, 0.05) is 62.6 Å². The van der Waals surface area contributed by atoms with Gasteiger partial charge in [-0.2, -0.15) is 13.2 Å². The molecule has 1 aliphatic rings. The first-order chi connectivity index (χ1) is 19.5. The number of benzene rings is 1. The molecule has 2 amide bonds. The predicted octanol–water partition coefficient (Wildman–Crippen LogP) is 3.58. The number of halogens is 4. The van der Waals surface area contributed by atoms with Gasteiger partial charge in [0.2, 0.25) is 0 Å². The summed E-state index contributed by atoms with van der Waals surface area (Å²) in [5.41, 5.74) is -3.22. The minimum absolute atomic E-state index is 0.0357. The number of hydrogen-bond acceptors (Lipinski definition) is 7. The van der Waals surface area contributed by atoms with Crippen LogP contribution in [-0.4, -0.2) is 84.6 Å². The molecule has 1 fully saturated rings. The van der Waals surface area contributed by atoms with E-state index in [0.29, 0.717) is 29.7 Å². The third kappa shape index (κ3) is 7.22. The first-order valence-corrected chi connectivity index (χ1v) is 13.5. The van der Waals surface area contributed by atoms with E-state index in [1.807, 2.05) is 11.9 Å². The number of thioether (sulfide) groups is 1. The van der Waals surface area contributed by atoms with Gasteiger partial charge in [-0.3, -0.25) is 9.59 Å². The molecule has 4 rings (SSSR count). The molecule has 0 bridgehead atoms. The number of fused-ring (bicyclic) bond motifs is 1. The number of carbonyl (C=O) groups excluding carboxylic acids is 2. The number of nitrogens with one attached hydrogen (secondary N) is 4. The number of carbonyl (C=O) groups is 2. The van der Waals surface area contributed by atoms with Gasteiger partial charge in [0.15, 0.2) is 5.82 Å². The molecule has 14 heteroatoms. The maximum absolute atomic E-state index is 14.7. The van der Waals surface area contributed by atoms with Crippen LogP contribution in [0, 0.1) is 11.8 Å². The average Bonchev–Trinajstić information content (AvgIpc) is 3.28. The lowest BCUT2D eigenvalue weighted by atomic mass is 10.0. The van der Waals surface area contributed by atoms with Crippen molar-refractivity contribution in [3.8, 4) is 11.8 Å². The molecule has 3 aromatic rings. The molecule has 0 aliphatic carbocycles. The van der Waals surface area contributed by atoms with Gasteiger partial charge in [-0.1, -0.05) is 11.8 Å². The van der Waals surface area contributed by atoms with Crippen LogP contribution in [0.15, 0.2) is 41.7 Å². The molecule has 0 saturated carbocycles. The summed E-state index contributed by atoms with van der Waals surface area (Å²) >= 11 is -0.303. The van der Waals surface area contributed by atoms with E-state index in [-0.39, 0.29) is 58.6 Å². The Bertz CT molecular complexity index is 1500. The molecule has 0 unspecified atom stereocenters. The third-order valence-electron chi connectivity index (χ3n) is 6.50. The fourth-order valence-corrected chi connectivity index (χ4v) is 5.17. The average molecular weight is 592 g/mol. The fourth-order valence-electron chi connectivity index (χ4n) is 4.48. The maximum atomic E-state index is 14.7. The number of hydrogen-bond donors (Lipinski definition) is 4. The van der Waals surface area contributed by atoms with Gasteiger partial charge in [-0.15, -0.1) is 0 Å². The van der Waals surface area contributed by atoms with Crippen LogP contribution < -0.4 is 21.3 Å². The van der Waals surface area contributed by atoms with Gasteiger partial charge in [-0.25, -0.2) is 9.37 Å². The monoisotopic (exact) mass is 591 g/mol. The molecule has 4 N–H and O–H groups in total. The zero-order chi connectivity index (χ0) is 29.7. The number of amides is 2. The highest BCUT2D eigenvalue weighted by molar-refractivity contribution is 8.00. The molecular weight excluding hydrogens is 562 g/mol. The number of nitrogens with zero attached hydrogens (tertiary/aromatic N) is 3. The second kappa shape index (κ2) is 12.7. The standard InChI is InChI=1S/C27H29F4N7O2S/c1-32-24(39)16-6-7-18(25(40)33-2)21(13-16)34-9-4-5-17-14-22-23(36-20-8-11-37(3)15-19(20)28)35-10-12-38(22)26(17)41-27(29,30)31/h6-7,10,12-14,19-20,34H,8-9,11,15H2,1-3H3,(H,32,39)(H,33,40)(H,35,36)/t19-,20+/m0/s1. The number of alkyl halides is 4. The van der Waals surface area contributed by atoms with Crippen molar-refractivity contribution in [3.63, 3.8) is 0 Å². The molecule has 0 radical (unpaired) electrons. The number of likely N-dealkylation sites (tertiary alicyclic amines) is 1. The van der Waals surface area contributed by atoms with E-state index in [4.69, 9.17) is 0 Å². The normalized spacial score (nSPS) is 17.4.